The van der Waals surface area contributed by atoms with Crippen LogP contribution in [0.4, 0.5) is 0 Å². The Hall–Kier alpha value is -2.19. The number of aromatic nitrogens is 1. The average molecular weight is 351 g/mol. The van der Waals surface area contributed by atoms with E-state index >= 15 is 0 Å². The molecule has 1 aliphatic heterocycles. The van der Waals surface area contributed by atoms with Crippen molar-refractivity contribution in [1.82, 2.24) is 15.4 Å². The number of amides is 1. The van der Waals surface area contributed by atoms with Crippen LogP contribution in [0.15, 0.2) is 18.5 Å². The molecule has 0 radical (unpaired) electrons. The first-order valence-corrected chi connectivity index (χ1v) is 8.15. The summed E-state index contributed by atoms with van der Waals surface area (Å²) >= 11 is 0. The van der Waals surface area contributed by atoms with Crippen LogP contribution in [0.5, 0.6) is 5.75 Å². The van der Waals surface area contributed by atoms with Gasteiger partial charge >= 0.3 is 5.97 Å². The fraction of sp³-hybridized carbons (Fsp3) is 0.588. The van der Waals surface area contributed by atoms with Gasteiger partial charge in [0.05, 0.1) is 25.9 Å². The quantitative estimate of drug-likeness (QED) is 0.425. The number of rotatable bonds is 8. The van der Waals surface area contributed by atoms with Crippen LogP contribution in [-0.4, -0.2) is 53.8 Å². The smallest absolute Gasteiger partial charge is 0.349 e. The predicted octanol–water partition coefficient (Wildman–Crippen LogP) is 1.05. The van der Waals surface area contributed by atoms with Crippen LogP contribution in [0.25, 0.3) is 0 Å². The van der Waals surface area contributed by atoms with Crippen LogP contribution in [0.2, 0.25) is 0 Å². The minimum Gasteiger partial charge on any atom is -0.475 e. The van der Waals surface area contributed by atoms with Gasteiger partial charge in [-0.05, 0) is 45.4 Å². The summed E-state index contributed by atoms with van der Waals surface area (Å²) in [7, 11) is 1.41. The summed E-state index contributed by atoms with van der Waals surface area (Å²) in [5.74, 6) is 0.0190. The molecule has 138 valence electrons. The summed E-state index contributed by atoms with van der Waals surface area (Å²) in [6.45, 7) is 6.52. The molecule has 0 spiro atoms. The topological polar surface area (TPSA) is 90.0 Å². The highest BCUT2D eigenvalue weighted by Crippen LogP contribution is 2.21. The lowest BCUT2D eigenvalue weighted by Crippen LogP contribution is -2.57. The Morgan fingerprint density at radius 3 is 2.72 bits per heavy atom. The van der Waals surface area contributed by atoms with E-state index in [1.807, 2.05) is 20.8 Å². The molecular formula is C17H25N3O5. The van der Waals surface area contributed by atoms with Crippen LogP contribution in [-0.2, 0) is 25.7 Å². The van der Waals surface area contributed by atoms with Crippen LogP contribution < -0.4 is 10.1 Å². The van der Waals surface area contributed by atoms with Crippen molar-refractivity contribution in [3.05, 3.63) is 24.0 Å². The molecule has 1 unspecified atom stereocenters. The molecule has 1 amide bonds. The number of hydroxylamine groups is 2. The van der Waals surface area contributed by atoms with Gasteiger partial charge in [0, 0.05) is 6.20 Å². The number of nitrogens with zero attached hydrogens (tertiary/aromatic N) is 2. The van der Waals surface area contributed by atoms with Gasteiger partial charge in [0.15, 0.2) is 0 Å². The van der Waals surface area contributed by atoms with Gasteiger partial charge in [-0.25, -0.2) is 9.86 Å². The van der Waals surface area contributed by atoms with E-state index < -0.39 is 17.7 Å². The van der Waals surface area contributed by atoms with Gasteiger partial charge < -0.3 is 14.8 Å². The highest BCUT2D eigenvalue weighted by Gasteiger charge is 2.37. The first kappa shape index (κ1) is 19.1. The lowest BCUT2D eigenvalue weighted by Gasteiger charge is -2.35. The zero-order valence-corrected chi connectivity index (χ0v) is 15.0. The number of pyridine rings is 1. The summed E-state index contributed by atoms with van der Waals surface area (Å²) < 4.78 is 11.3. The largest absolute Gasteiger partial charge is 0.475 e. The van der Waals surface area contributed by atoms with Crippen molar-refractivity contribution < 1.29 is 23.9 Å². The molecule has 1 aliphatic rings. The molecule has 1 aromatic heterocycles. The van der Waals surface area contributed by atoms with E-state index in [-0.39, 0.29) is 12.6 Å². The van der Waals surface area contributed by atoms with Gasteiger partial charge in [-0.2, -0.15) is 0 Å². The van der Waals surface area contributed by atoms with Gasteiger partial charge in [0.2, 0.25) is 12.5 Å². The second kappa shape index (κ2) is 8.26. The highest BCUT2D eigenvalue weighted by molar-refractivity contribution is 5.76. The number of nitrogens with one attached hydrogen (secondary N) is 1. The van der Waals surface area contributed by atoms with E-state index in [1.165, 1.54) is 13.3 Å². The zero-order chi connectivity index (χ0) is 18.4. The van der Waals surface area contributed by atoms with E-state index in [1.54, 1.807) is 12.3 Å². The molecule has 1 N–H and O–H groups in total. The zero-order valence-electron chi connectivity index (χ0n) is 15.0. The molecule has 8 heteroatoms. The van der Waals surface area contributed by atoms with Gasteiger partial charge in [-0.1, -0.05) is 0 Å². The summed E-state index contributed by atoms with van der Waals surface area (Å²) in [4.78, 5) is 32.3. The molecule has 2 atom stereocenters. The summed E-state index contributed by atoms with van der Waals surface area (Å²) in [6, 6.07) is 1.63. The second-order valence-electron chi connectivity index (χ2n) is 6.81. The van der Waals surface area contributed by atoms with Crippen LogP contribution in [0.1, 0.15) is 32.8 Å². The third-order valence-corrected chi connectivity index (χ3v) is 3.59. The second-order valence-corrected chi connectivity index (χ2v) is 6.81. The number of carbonyl (C=O) groups excluding carboxylic acids is 2. The van der Waals surface area contributed by atoms with Crippen molar-refractivity contribution in [3.63, 3.8) is 0 Å². The fourth-order valence-corrected chi connectivity index (χ4v) is 2.31. The number of esters is 1. The molecule has 8 nitrogen and oxygen atoms in total. The van der Waals surface area contributed by atoms with Gasteiger partial charge in [0.1, 0.15) is 11.4 Å². The molecule has 25 heavy (non-hydrogen) atoms. The maximum Gasteiger partial charge on any atom is 0.349 e. The van der Waals surface area contributed by atoms with Crippen molar-refractivity contribution in [2.24, 2.45) is 0 Å². The van der Waals surface area contributed by atoms with Crippen LogP contribution >= 0.6 is 0 Å². The first-order chi connectivity index (χ1) is 11.8. The van der Waals surface area contributed by atoms with E-state index in [9.17, 15) is 9.59 Å². The maximum absolute atomic E-state index is 12.5. The van der Waals surface area contributed by atoms with Gasteiger partial charge in [-0.15, -0.1) is 0 Å². The Labute approximate surface area is 147 Å². The lowest BCUT2D eigenvalue weighted by molar-refractivity contribution is -0.165. The van der Waals surface area contributed by atoms with Gasteiger partial charge in [0.25, 0.3) is 0 Å². The van der Waals surface area contributed by atoms with Crippen molar-refractivity contribution in [2.75, 3.05) is 13.7 Å². The molecule has 0 aliphatic carbocycles. The van der Waals surface area contributed by atoms with Crippen LogP contribution in [0.3, 0.4) is 0 Å². The SMILES string of the molecule is CON(C=O)Cc1cncc(OC(C(=O)OC(C)(C)C)[C@@H]2CCN2)c1. The molecule has 1 fully saturated rings. The molecule has 1 saturated heterocycles. The molecule has 0 aromatic carbocycles. The molecular weight excluding hydrogens is 326 g/mol. The van der Waals surface area contributed by atoms with Gasteiger partial charge in [-0.3, -0.25) is 14.6 Å². The van der Waals surface area contributed by atoms with E-state index in [0.717, 1.165) is 23.6 Å². The van der Waals surface area contributed by atoms with Crippen molar-refractivity contribution >= 4 is 12.4 Å². The number of hydrogen-bond donors (Lipinski definition) is 1. The standard InChI is InChI=1S/C17H25N3O5/c1-17(2,3)25-16(22)15(14-5-6-19-14)24-13-7-12(8-18-9-13)10-20(11-21)23-4/h7-9,11,14-15,19H,5-6,10H2,1-4H3/t14-,15?/m0/s1. The first-order valence-electron chi connectivity index (χ1n) is 8.15. The van der Waals surface area contributed by atoms with E-state index in [0.29, 0.717) is 12.2 Å². The molecule has 1 aromatic rings. The summed E-state index contributed by atoms with van der Waals surface area (Å²) in [5, 5.41) is 4.30. The van der Waals surface area contributed by atoms with Crippen LogP contribution in [0, 0.1) is 0 Å². The van der Waals surface area contributed by atoms with E-state index in [4.69, 9.17) is 14.3 Å². The summed E-state index contributed by atoms with van der Waals surface area (Å²) in [5.41, 5.74) is 0.127. The third-order valence-electron chi connectivity index (χ3n) is 3.59. The monoisotopic (exact) mass is 351 g/mol. The molecule has 2 heterocycles. The Balaban J connectivity index is 2.10. The normalized spacial score (nSPS) is 18.0. The third kappa shape index (κ3) is 5.68. The van der Waals surface area contributed by atoms with E-state index in [2.05, 4.69) is 10.3 Å². The molecule has 0 saturated carbocycles. The number of hydrogen-bond acceptors (Lipinski definition) is 7. The summed E-state index contributed by atoms with van der Waals surface area (Å²) in [6.07, 6.45) is 3.79. The average Bonchev–Trinajstić information content (AvgIpc) is 2.49. The maximum atomic E-state index is 12.5. The predicted molar refractivity (Wildman–Crippen MR) is 89.5 cm³/mol. The minimum atomic E-state index is -0.755. The Bertz CT molecular complexity index is 598. The van der Waals surface area contributed by atoms with Crippen molar-refractivity contribution in [2.45, 2.75) is 51.5 Å². The fourth-order valence-electron chi connectivity index (χ4n) is 2.31. The van der Waals surface area contributed by atoms with Crippen molar-refractivity contribution in [1.29, 1.82) is 0 Å². The molecule has 2 rings (SSSR count). The lowest BCUT2D eigenvalue weighted by atomic mass is 10.0. The van der Waals surface area contributed by atoms with Crippen molar-refractivity contribution in [3.8, 4) is 5.75 Å². The highest BCUT2D eigenvalue weighted by atomic mass is 16.7. The Morgan fingerprint density at radius 1 is 1.48 bits per heavy atom. The minimum absolute atomic E-state index is 0.0936. The number of carbonyl (C=O) groups is 2. The Kier molecular flexibility index (Phi) is 6.33. The Morgan fingerprint density at radius 2 is 2.20 bits per heavy atom. The number of ether oxygens (including phenoxy) is 2. The molecule has 0 bridgehead atoms.